The van der Waals surface area contributed by atoms with Crippen LogP contribution in [0.15, 0.2) is 29.2 Å². The van der Waals surface area contributed by atoms with E-state index >= 15 is 0 Å². The van der Waals surface area contributed by atoms with Gasteiger partial charge in [-0.3, -0.25) is 9.59 Å². The molecule has 0 spiro atoms. The first-order valence-corrected chi connectivity index (χ1v) is 6.43. The van der Waals surface area contributed by atoms with Crippen molar-refractivity contribution in [3.8, 4) is 0 Å². The summed E-state index contributed by atoms with van der Waals surface area (Å²) in [6.45, 7) is 1.22. The maximum absolute atomic E-state index is 11.4. The predicted molar refractivity (Wildman–Crippen MR) is 63.2 cm³/mol. The number of hydrogen-bond donors (Lipinski definition) is 3. The minimum Gasteiger partial charge on any atom is -0.481 e. The molecule has 8 heteroatoms. The standard InChI is InChI=1S/C10H12N2O5S/c1-6(10(14)15)9(13)12-7-3-2-4-8(5-7)18(11,16)17/h2-6H,1H3,(H,12,13)(H,14,15)(H2,11,16,17). The number of hydrogen-bond acceptors (Lipinski definition) is 4. The number of nitrogens with one attached hydrogen (secondary N) is 1. The van der Waals surface area contributed by atoms with Crippen molar-refractivity contribution in [1.29, 1.82) is 0 Å². The summed E-state index contributed by atoms with van der Waals surface area (Å²) in [5, 5.41) is 15.9. The Kier molecular flexibility index (Phi) is 4.04. The minimum absolute atomic E-state index is 0.164. The van der Waals surface area contributed by atoms with Crippen LogP contribution in [-0.4, -0.2) is 25.4 Å². The Hall–Kier alpha value is -1.93. The first-order chi connectivity index (χ1) is 8.21. The molecule has 1 unspecified atom stereocenters. The maximum Gasteiger partial charge on any atom is 0.315 e. The van der Waals surface area contributed by atoms with E-state index in [-0.39, 0.29) is 10.6 Å². The summed E-state index contributed by atoms with van der Waals surface area (Å²) in [6, 6.07) is 5.25. The number of carbonyl (C=O) groups excluding carboxylic acids is 1. The van der Waals surface area contributed by atoms with Crippen LogP contribution in [0.2, 0.25) is 0 Å². The van der Waals surface area contributed by atoms with E-state index in [1.807, 2.05) is 0 Å². The number of carbonyl (C=O) groups is 2. The highest BCUT2D eigenvalue weighted by Crippen LogP contribution is 2.15. The quantitative estimate of drug-likeness (QED) is 0.664. The molecular weight excluding hydrogens is 260 g/mol. The average molecular weight is 272 g/mol. The van der Waals surface area contributed by atoms with E-state index in [4.69, 9.17) is 10.2 Å². The Balaban J connectivity index is 2.93. The highest BCUT2D eigenvalue weighted by molar-refractivity contribution is 7.89. The molecule has 1 aromatic rings. The number of carboxylic acid groups (broad SMARTS) is 1. The van der Waals surface area contributed by atoms with Crippen molar-refractivity contribution >= 4 is 27.6 Å². The van der Waals surface area contributed by atoms with Crippen LogP contribution in [0.4, 0.5) is 5.69 Å². The summed E-state index contributed by atoms with van der Waals surface area (Å²) >= 11 is 0. The zero-order chi connectivity index (χ0) is 13.9. The normalized spacial score (nSPS) is 12.8. The van der Waals surface area contributed by atoms with E-state index in [1.54, 1.807) is 0 Å². The van der Waals surface area contributed by atoms with Gasteiger partial charge in [0.1, 0.15) is 5.92 Å². The molecule has 1 atom stereocenters. The van der Waals surface area contributed by atoms with Gasteiger partial charge in [0, 0.05) is 5.69 Å². The van der Waals surface area contributed by atoms with E-state index in [0.29, 0.717) is 0 Å². The van der Waals surface area contributed by atoms with Gasteiger partial charge >= 0.3 is 5.97 Å². The first-order valence-electron chi connectivity index (χ1n) is 4.88. The van der Waals surface area contributed by atoms with Crippen LogP contribution in [0, 0.1) is 5.92 Å². The molecule has 18 heavy (non-hydrogen) atoms. The number of amides is 1. The molecule has 1 rings (SSSR count). The van der Waals surface area contributed by atoms with Gasteiger partial charge in [-0.05, 0) is 25.1 Å². The lowest BCUT2D eigenvalue weighted by molar-refractivity contribution is -0.144. The van der Waals surface area contributed by atoms with Crippen LogP contribution in [0.5, 0.6) is 0 Å². The van der Waals surface area contributed by atoms with Crippen LogP contribution in [0.1, 0.15) is 6.92 Å². The summed E-state index contributed by atoms with van der Waals surface area (Å²) in [4.78, 5) is 21.9. The Labute approximate surface area is 104 Å². The Morgan fingerprint density at radius 3 is 2.50 bits per heavy atom. The molecule has 0 saturated carbocycles. The van der Waals surface area contributed by atoms with Gasteiger partial charge in [-0.2, -0.15) is 0 Å². The lowest BCUT2D eigenvalue weighted by atomic mass is 10.1. The molecule has 0 aliphatic rings. The fourth-order valence-electron chi connectivity index (χ4n) is 1.11. The largest absolute Gasteiger partial charge is 0.481 e. The minimum atomic E-state index is -3.87. The summed E-state index contributed by atoms with van der Waals surface area (Å²) in [5.41, 5.74) is 0.166. The maximum atomic E-state index is 11.4. The van der Waals surface area contributed by atoms with Crippen LogP contribution < -0.4 is 10.5 Å². The van der Waals surface area contributed by atoms with Crippen molar-refractivity contribution < 1.29 is 23.1 Å². The fourth-order valence-corrected chi connectivity index (χ4v) is 1.67. The van der Waals surface area contributed by atoms with Gasteiger partial charge in [0.05, 0.1) is 4.90 Å². The lowest BCUT2D eigenvalue weighted by Gasteiger charge is -2.09. The summed E-state index contributed by atoms with van der Waals surface area (Å²) in [7, 11) is -3.87. The SMILES string of the molecule is CC(C(=O)O)C(=O)Nc1cccc(S(N)(=O)=O)c1. The first kappa shape index (κ1) is 14.1. The van der Waals surface area contributed by atoms with Crippen LogP contribution in [0.3, 0.4) is 0 Å². The van der Waals surface area contributed by atoms with Gasteiger partial charge in [-0.1, -0.05) is 6.07 Å². The summed E-state index contributed by atoms with van der Waals surface area (Å²) < 4.78 is 22.2. The molecule has 98 valence electrons. The predicted octanol–water partition coefficient (Wildman–Crippen LogP) is -0.00680. The Bertz CT molecular complexity index is 582. The van der Waals surface area contributed by atoms with Gasteiger partial charge in [-0.25, -0.2) is 13.6 Å². The highest BCUT2D eigenvalue weighted by Gasteiger charge is 2.20. The zero-order valence-corrected chi connectivity index (χ0v) is 10.3. The molecule has 7 nitrogen and oxygen atoms in total. The van der Waals surface area contributed by atoms with Crippen LogP contribution in [0.25, 0.3) is 0 Å². The number of aliphatic carboxylic acids is 1. The lowest BCUT2D eigenvalue weighted by Crippen LogP contribution is -2.27. The number of anilines is 1. The number of sulfonamides is 1. The number of nitrogens with two attached hydrogens (primary N) is 1. The molecule has 0 saturated heterocycles. The van der Waals surface area contributed by atoms with E-state index in [9.17, 15) is 18.0 Å². The zero-order valence-electron chi connectivity index (χ0n) is 9.45. The Morgan fingerprint density at radius 2 is 2.00 bits per heavy atom. The van der Waals surface area contributed by atoms with Gasteiger partial charge in [-0.15, -0.1) is 0 Å². The van der Waals surface area contributed by atoms with Gasteiger partial charge in [0.25, 0.3) is 0 Å². The summed E-state index contributed by atoms with van der Waals surface area (Å²) in [6.07, 6.45) is 0. The second kappa shape index (κ2) is 5.15. The second-order valence-electron chi connectivity index (χ2n) is 3.62. The smallest absolute Gasteiger partial charge is 0.315 e. The van der Waals surface area contributed by atoms with Gasteiger partial charge in [0.15, 0.2) is 0 Å². The highest BCUT2D eigenvalue weighted by atomic mass is 32.2. The molecule has 1 aromatic carbocycles. The van der Waals surface area contributed by atoms with E-state index in [2.05, 4.69) is 5.32 Å². The molecule has 0 heterocycles. The third-order valence-electron chi connectivity index (χ3n) is 2.19. The molecule has 0 aromatic heterocycles. The molecule has 4 N–H and O–H groups in total. The molecule has 0 radical (unpaired) electrons. The Morgan fingerprint density at radius 1 is 1.39 bits per heavy atom. The van der Waals surface area contributed by atoms with E-state index < -0.39 is 27.8 Å². The van der Waals surface area contributed by atoms with Crippen molar-refractivity contribution in [2.75, 3.05) is 5.32 Å². The average Bonchev–Trinajstić information content (AvgIpc) is 2.27. The van der Waals surface area contributed by atoms with Crippen LogP contribution >= 0.6 is 0 Å². The van der Waals surface area contributed by atoms with Crippen molar-refractivity contribution in [2.24, 2.45) is 11.1 Å². The third kappa shape index (κ3) is 3.54. The fraction of sp³-hybridized carbons (Fsp3) is 0.200. The van der Waals surface area contributed by atoms with Crippen molar-refractivity contribution in [3.63, 3.8) is 0 Å². The molecule has 0 aliphatic carbocycles. The van der Waals surface area contributed by atoms with Crippen molar-refractivity contribution in [3.05, 3.63) is 24.3 Å². The molecule has 0 fully saturated rings. The number of carboxylic acids is 1. The second-order valence-corrected chi connectivity index (χ2v) is 5.18. The van der Waals surface area contributed by atoms with Crippen molar-refractivity contribution in [2.45, 2.75) is 11.8 Å². The van der Waals surface area contributed by atoms with E-state index in [1.165, 1.54) is 25.1 Å². The molecular formula is C10H12N2O5S. The monoisotopic (exact) mass is 272 g/mol. The third-order valence-corrected chi connectivity index (χ3v) is 3.10. The van der Waals surface area contributed by atoms with Gasteiger partial charge in [0.2, 0.25) is 15.9 Å². The van der Waals surface area contributed by atoms with Crippen molar-refractivity contribution in [1.82, 2.24) is 0 Å². The molecule has 0 aliphatic heterocycles. The summed E-state index contributed by atoms with van der Waals surface area (Å²) in [5.74, 6) is -3.24. The van der Waals surface area contributed by atoms with Gasteiger partial charge < -0.3 is 10.4 Å². The molecule has 1 amide bonds. The number of primary sulfonamides is 1. The topological polar surface area (TPSA) is 127 Å². The van der Waals surface area contributed by atoms with E-state index in [0.717, 1.165) is 6.07 Å². The van der Waals surface area contributed by atoms with Crippen LogP contribution in [-0.2, 0) is 19.6 Å². The number of benzene rings is 1. The molecule has 0 bridgehead atoms. The number of rotatable bonds is 4.